The van der Waals surface area contributed by atoms with Crippen LogP contribution in [0.5, 0.6) is 5.75 Å². The Morgan fingerprint density at radius 1 is 1.03 bits per heavy atom. The number of nitrogens with zero attached hydrogens (tertiary/aromatic N) is 1. The first kappa shape index (κ1) is 23.6. The second-order valence-electron chi connectivity index (χ2n) is 7.34. The van der Waals surface area contributed by atoms with Gasteiger partial charge in [-0.05, 0) is 47.5 Å². The van der Waals surface area contributed by atoms with Crippen LogP contribution < -0.4 is 5.43 Å². The van der Waals surface area contributed by atoms with Crippen LogP contribution in [0.15, 0.2) is 60.7 Å². The van der Waals surface area contributed by atoms with Gasteiger partial charge in [0.05, 0.1) is 16.9 Å². The highest BCUT2D eigenvalue weighted by Crippen LogP contribution is 2.39. The van der Waals surface area contributed by atoms with Crippen molar-refractivity contribution < 1.29 is 36.6 Å². The monoisotopic (exact) mass is 494 g/mol. The molecule has 0 bridgehead atoms. The van der Waals surface area contributed by atoms with Crippen LogP contribution in [0.1, 0.15) is 26.9 Å². The molecule has 34 heavy (non-hydrogen) atoms. The number of carbonyl (C=O) groups is 2. The summed E-state index contributed by atoms with van der Waals surface area (Å²) in [6.07, 6.45) is -4.52. The van der Waals surface area contributed by atoms with Gasteiger partial charge < -0.3 is 5.11 Å². The van der Waals surface area contributed by atoms with Crippen molar-refractivity contribution in [3.8, 4) is 16.9 Å². The summed E-state index contributed by atoms with van der Waals surface area (Å²) in [5.41, 5.74) is 1.77. The molecule has 11 heteroatoms. The number of hydrogen-bond donors (Lipinski definition) is 2. The molecule has 1 fully saturated rings. The van der Waals surface area contributed by atoms with Crippen LogP contribution in [0.2, 0.25) is 0 Å². The Bertz CT molecular complexity index is 1260. The van der Waals surface area contributed by atoms with Crippen LogP contribution in [-0.4, -0.2) is 27.7 Å². The molecule has 0 saturated carbocycles. The SMILES string of the molecule is O=C(NN1C(=O)CSC1c1ccc(C(F)(F)F)cc1)c1cc(-c2ccc(F)cc2F)ccc1O. The number of rotatable bonds is 4. The number of aromatic hydroxyl groups is 1. The van der Waals surface area contributed by atoms with Crippen LogP contribution in [0, 0.1) is 11.6 Å². The number of carbonyl (C=O) groups excluding carboxylic acids is 2. The molecule has 1 aliphatic rings. The van der Waals surface area contributed by atoms with Gasteiger partial charge in [0.25, 0.3) is 11.8 Å². The van der Waals surface area contributed by atoms with Crippen molar-refractivity contribution in [1.82, 2.24) is 10.4 Å². The molecule has 2 N–H and O–H groups in total. The Labute approximate surface area is 194 Å². The third-order valence-electron chi connectivity index (χ3n) is 5.10. The van der Waals surface area contributed by atoms with Crippen LogP contribution in [0.4, 0.5) is 22.0 Å². The van der Waals surface area contributed by atoms with Crippen molar-refractivity contribution in [2.24, 2.45) is 0 Å². The van der Waals surface area contributed by atoms with Crippen molar-refractivity contribution in [1.29, 1.82) is 0 Å². The van der Waals surface area contributed by atoms with E-state index in [1.165, 1.54) is 30.3 Å². The Balaban J connectivity index is 1.59. The van der Waals surface area contributed by atoms with Gasteiger partial charge in [0.2, 0.25) is 0 Å². The maximum Gasteiger partial charge on any atom is 0.416 e. The quantitative estimate of drug-likeness (QED) is 0.485. The van der Waals surface area contributed by atoms with Crippen molar-refractivity contribution in [2.45, 2.75) is 11.6 Å². The van der Waals surface area contributed by atoms with E-state index in [4.69, 9.17) is 0 Å². The maximum atomic E-state index is 14.2. The summed E-state index contributed by atoms with van der Waals surface area (Å²) >= 11 is 1.10. The molecule has 1 aliphatic heterocycles. The molecule has 176 valence electrons. The van der Waals surface area contributed by atoms with Crippen LogP contribution in [0.25, 0.3) is 11.1 Å². The lowest BCUT2D eigenvalue weighted by Crippen LogP contribution is -2.44. The minimum absolute atomic E-state index is 0.00844. The second-order valence-corrected chi connectivity index (χ2v) is 8.41. The van der Waals surface area contributed by atoms with Gasteiger partial charge in [0.1, 0.15) is 22.8 Å². The van der Waals surface area contributed by atoms with E-state index in [1.54, 1.807) is 0 Å². The molecule has 1 heterocycles. The molecule has 0 radical (unpaired) electrons. The zero-order chi connectivity index (χ0) is 24.6. The van der Waals surface area contributed by atoms with E-state index in [0.717, 1.165) is 41.0 Å². The lowest BCUT2D eigenvalue weighted by atomic mass is 10.0. The number of nitrogens with one attached hydrogen (secondary N) is 1. The Morgan fingerprint density at radius 2 is 1.74 bits per heavy atom. The molecular formula is C23H15F5N2O3S. The highest BCUT2D eigenvalue weighted by atomic mass is 32.2. The molecule has 0 aromatic heterocycles. The Morgan fingerprint density at radius 3 is 2.38 bits per heavy atom. The predicted octanol–water partition coefficient (Wildman–Crippen LogP) is 5.28. The van der Waals surface area contributed by atoms with Gasteiger partial charge in [-0.25, -0.2) is 13.8 Å². The number of hydrogen-bond acceptors (Lipinski definition) is 4. The number of thioether (sulfide) groups is 1. The van der Waals surface area contributed by atoms with Gasteiger partial charge >= 0.3 is 6.18 Å². The Hall–Kier alpha value is -3.60. The molecule has 1 unspecified atom stereocenters. The van der Waals surface area contributed by atoms with E-state index in [2.05, 4.69) is 5.43 Å². The number of benzene rings is 3. The maximum absolute atomic E-state index is 14.2. The zero-order valence-corrected chi connectivity index (χ0v) is 17.9. The third-order valence-corrected chi connectivity index (χ3v) is 6.31. The van der Waals surface area contributed by atoms with Gasteiger partial charge in [-0.1, -0.05) is 18.2 Å². The summed E-state index contributed by atoms with van der Waals surface area (Å²) in [7, 11) is 0. The van der Waals surface area contributed by atoms with Crippen LogP contribution in [-0.2, 0) is 11.0 Å². The van der Waals surface area contributed by atoms with E-state index in [9.17, 15) is 36.6 Å². The van der Waals surface area contributed by atoms with E-state index in [0.29, 0.717) is 11.6 Å². The lowest BCUT2D eigenvalue weighted by Gasteiger charge is -2.25. The lowest BCUT2D eigenvalue weighted by molar-refractivity contribution is -0.137. The van der Waals surface area contributed by atoms with Gasteiger partial charge in [-0.2, -0.15) is 13.2 Å². The largest absolute Gasteiger partial charge is 0.507 e. The highest BCUT2D eigenvalue weighted by Gasteiger charge is 2.36. The van der Waals surface area contributed by atoms with Crippen LogP contribution in [0.3, 0.4) is 0 Å². The number of halogens is 5. The predicted molar refractivity (Wildman–Crippen MR) is 114 cm³/mol. The molecular weight excluding hydrogens is 479 g/mol. The number of amides is 2. The standard InChI is InChI=1S/C23H15F5N2O3S/c24-15-6-7-16(18(25)10-15)13-3-8-19(31)17(9-13)21(33)29-30-20(32)11-34-22(30)12-1-4-14(5-2-12)23(26,27)28/h1-10,22,31H,11H2,(H,29,33). The third kappa shape index (κ3) is 4.69. The van der Waals surface area contributed by atoms with E-state index in [-0.39, 0.29) is 22.4 Å². The molecule has 2 amide bonds. The van der Waals surface area contributed by atoms with Gasteiger partial charge in [-0.15, -0.1) is 11.8 Å². The molecule has 4 rings (SSSR count). The fourth-order valence-corrected chi connectivity index (χ4v) is 4.52. The molecule has 1 saturated heterocycles. The molecule has 3 aromatic rings. The zero-order valence-electron chi connectivity index (χ0n) is 17.1. The van der Waals surface area contributed by atoms with E-state index >= 15 is 0 Å². The number of phenolic OH excluding ortho intramolecular Hbond substituents is 1. The first-order valence-electron chi connectivity index (χ1n) is 9.75. The number of alkyl halides is 3. The summed E-state index contributed by atoms with van der Waals surface area (Å²) in [5, 5.41) is 10.3. The summed E-state index contributed by atoms with van der Waals surface area (Å²) in [6, 6.07) is 10.8. The Kier molecular flexibility index (Phi) is 6.22. The average Bonchev–Trinajstić information content (AvgIpc) is 3.14. The van der Waals surface area contributed by atoms with Crippen molar-refractivity contribution in [3.05, 3.63) is 89.0 Å². The van der Waals surface area contributed by atoms with Crippen molar-refractivity contribution in [2.75, 3.05) is 5.75 Å². The molecule has 0 aliphatic carbocycles. The van der Waals surface area contributed by atoms with Gasteiger partial charge in [0.15, 0.2) is 0 Å². The van der Waals surface area contributed by atoms with E-state index < -0.39 is 46.3 Å². The molecule has 0 spiro atoms. The molecule has 5 nitrogen and oxygen atoms in total. The average molecular weight is 494 g/mol. The summed E-state index contributed by atoms with van der Waals surface area (Å²) < 4.78 is 65.9. The van der Waals surface area contributed by atoms with Gasteiger partial charge in [-0.3, -0.25) is 15.0 Å². The summed E-state index contributed by atoms with van der Waals surface area (Å²) in [6.45, 7) is 0. The normalized spacial score (nSPS) is 16.1. The number of phenols is 1. The first-order valence-corrected chi connectivity index (χ1v) is 10.8. The molecule has 3 aromatic carbocycles. The van der Waals surface area contributed by atoms with Crippen molar-refractivity contribution in [3.63, 3.8) is 0 Å². The minimum Gasteiger partial charge on any atom is -0.507 e. The van der Waals surface area contributed by atoms with E-state index in [1.807, 2.05) is 0 Å². The number of hydrazine groups is 1. The molecule has 1 atom stereocenters. The van der Waals surface area contributed by atoms with Crippen molar-refractivity contribution >= 4 is 23.6 Å². The fourth-order valence-electron chi connectivity index (χ4n) is 3.41. The topological polar surface area (TPSA) is 69.6 Å². The summed E-state index contributed by atoms with van der Waals surface area (Å²) in [4.78, 5) is 25.2. The first-order chi connectivity index (χ1) is 16.0. The minimum atomic E-state index is -4.52. The highest BCUT2D eigenvalue weighted by molar-refractivity contribution is 8.00. The van der Waals surface area contributed by atoms with Gasteiger partial charge in [0, 0.05) is 11.6 Å². The fraction of sp³-hybridized carbons (Fsp3) is 0.130. The van der Waals surface area contributed by atoms with Crippen LogP contribution >= 0.6 is 11.8 Å². The summed E-state index contributed by atoms with van der Waals surface area (Å²) in [5.74, 6) is -3.52. The smallest absolute Gasteiger partial charge is 0.416 e. The second kappa shape index (κ2) is 8.98.